The van der Waals surface area contributed by atoms with E-state index in [2.05, 4.69) is 44.3 Å². The highest BCUT2D eigenvalue weighted by molar-refractivity contribution is 5.78. The summed E-state index contributed by atoms with van der Waals surface area (Å²) in [6.45, 7) is 8.16. The van der Waals surface area contributed by atoms with Gasteiger partial charge in [0.25, 0.3) is 0 Å². The van der Waals surface area contributed by atoms with Gasteiger partial charge in [0.05, 0.1) is 0 Å². The zero-order chi connectivity index (χ0) is 15.4. The first-order valence-electron chi connectivity index (χ1n) is 8.07. The minimum absolute atomic E-state index is 0.218. The van der Waals surface area contributed by atoms with Gasteiger partial charge in [-0.2, -0.15) is 0 Å². The number of benzene rings is 1. The molecule has 0 saturated carbocycles. The molecule has 1 heterocycles. The monoisotopic (exact) mass is 288 g/mol. The summed E-state index contributed by atoms with van der Waals surface area (Å²) < 4.78 is 0. The van der Waals surface area contributed by atoms with Gasteiger partial charge >= 0.3 is 0 Å². The molecule has 3 heteroatoms. The average Bonchev–Trinajstić information content (AvgIpc) is 2.77. The van der Waals surface area contributed by atoms with Crippen LogP contribution in [-0.4, -0.2) is 30.9 Å². The van der Waals surface area contributed by atoms with Gasteiger partial charge in [0.15, 0.2) is 0 Å². The molecule has 2 unspecified atom stereocenters. The standard InChI is InChI=1S/C18H28N2O/c1-5-6-15-10-18(21)20(11-15)12-17(19-4)16-8-7-13(2)9-14(16)3/h7-9,15,17,19H,5-6,10-12H2,1-4H3. The Hall–Kier alpha value is -1.35. The molecule has 2 atom stereocenters. The number of carbonyl (C=O) groups excluding carboxylic acids is 1. The molecule has 21 heavy (non-hydrogen) atoms. The fourth-order valence-corrected chi connectivity index (χ4v) is 3.41. The van der Waals surface area contributed by atoms with Crippen LogP contribution in [0.5, 0.6) is 0 Å². The van der Waals surface area contributed by atoms with Gasteiger partial charge in [-0.15, -0.1) is 0 Å². The van der Waals surface area contributed by atoms with Gasteiger partial charge in [-0.1, -0.05) is 37.1 Å². The topological polar surface area (TPSA) is 32.3 Å². The first-order chi connectivity index (χ1) is 10.0. The molecule has 1 N–H and O–H groups in total. The van der Waals surface area contributed by atoms with Crippen LogP contribution in [-0.2, 0) is 4.79 Å². The van der Waals surface area contributed by atoms with Crippen LogP contribution in [0.25, 0.3) is 0 Å². The largest absolute Gasteiger partial charge is 0.340 e. The number of nitrogens with zero attached hydrogens (tertiary/aromatic N) is 1. The fourth-order valence-electron chi connectivity index (χ4n) is 3.41. The molecule has 116 valence electrons. The Bertz CT molecular complexity index is 498. The van der Waals surface area contributed by atoms with Crippen molar-refractivity contribution in [2.24, 2.45) is 5.92 Å². The van der Waals surface area contributed by atoms with Crippen LogP contribution >= 0.6 is 0 Å². The molecule has 3 nitrogen and oxygen atoms in total. The Morgan fingerprint density at radius 3 is 2.76 bits per heavy atom. The van der Waals surface area contributed by atoms with Crippen molar-refractivity contribution in [3.63, 3.8) is 0 Å². The summed E-state index contributed by atoms with van der Waals surface area (Å²) in [5.41, 5.74) is 3.88. The molecule has 0 spiro atoms. The highest BCUT2D eigenvalue weighted by atomic mass is 16.2. The van der Waals surface area contributed by atoms with Crippen molar-refractivity contribution in [2.45, 2.75) is 46.1 Å². The molecule has 0 bridgehead atoms. The molecule has 2 rings (SSSR count). The SMILES string of the molecule is CCCC1CC(=O)N(CC(NC)c2ccc(C)cc2C)C1. The fraction of sp³-hybridized carbons (Fsp3) is 0.611. The highest BCUT2D eigenvalue weighted by Gasteiger charge is 2.30. The number of carbonyl (C=O) groups is 1. The van der Waals surface area contributed by atoms with E-state index < -0.39 is 0 Å². The van der Waals surface area contributed by atoms with Crippen LogP contribution in [0.2, 0.25) is 0 Å². The molecule has 1 aliphatic heterocycles. The van der Waals surface area contributed by atoms with Crippen LogP contribution in [0, 0.1) is 19.8 Å². The van der Waals surface area contributed by atoms with Gasteiger partial charge in [-0.05, 0) is 44.4 Å². The minimum Gasteiger partial charge on any atom is -0.340 e. The lowest BCUT2D eigenvalue weighted by Crippen LogP contribution is -2.35. The number of hydrogen-bond donors (Lipinski definition) is 1. The quantitative estimate of drug-likeness (QED) is 0.871. The summed E-state index contributed by atoms with van der Waals surface area (Å²) in [7, 11) is 1.98. The average molecular weight is 288 g/mol. The van der Waals surface area contributed by atoms with E-state index in [1.165, 1.54) is 16.7 Å². The molecule has 1 saturated heterocycles. The third kappa shape index (κ3) is 3.85. The van der Waals surface area contributed by atoms with Crippen LogP contribution in [0.15, 0.2) is 18.2 Å². The van der Waals surface area contributed by atoms with Crippen molar-refractivity contribution in [3.05, 3.63) is 34.9 Å². The summed E-state index contributed by atoms with van der Waals surface area (Å²) in [6, 6.07) is 6.77. The van der Waals surface area contributed by atoms with Crippen molar-refractivity contribution >= 4 is 5.91 Å². The van der Waals surface area contributed by atoms with Gasteiger partial charge < -0.3 is 10.2 Å². The van der Waals surface area contributed by atoms with Crippen molar-refractivity contribution in [3.8, 4) is 0 Å². The van der Waals surface area contributed by atoms with Gasteiger partial charge in [0.1, 0.15) is 0 Å². The molecule has 1 aliphatic rings. The van der Waals surface area contributed by atoms with E-state index in [0.29, 0.717) is 11.8 Å². The van der Waals surface area contributed by atoms with E-state index in [1.807, 2.05) is 11.9 Å². The van der Waals surface area contributed by atoms with Gasteiger partial charge in [-0.25, -0.2) is 0 Å². The summed E-state index contributed by atoms with van der Waals surface area (Å²) in [5.74, 6) is 0.873. The minimum atomic E-state index is 0.218. The maximum absolute atomic E-state index is 12.2. The lowest BCUT2D eigenvalue weighted by molar-refractivity contribution is -0.128. The number of rotatable bonds is 6. The molecular formula is C18H28N2O. The normalized spacial score (nSPS) is 20.1. The number of amides is 1. The Kier molecular flexibility index (Phi) is 5.40. The van der Waals surface area contributed by atoms with Crippen LogP contribution in [0.1, 0.15) is 48.9 Å². The van der Waals surface area contributed by atoms with Gasteiger partial charge in [0, 0.05) is 25.6 Å². The van der Waals surface area contributed by atoms with Crippen molar-refractivity contribution in [2.75, 3.05) is 20.1 Å². The van der Waals surface area contributed by atoms with E-state index >= 15 is 0 Å². The molecular weight excluding hydrogens is 260 g/mol. The lowest BCUT2D eigenvalue weighted by Gasteiger charge is -2.25. The molecule has 1 fully saturated rings. The summed E-state index contributed by atoms with van der Waals surface area (Å²) in [4.78, 5) is 14.2. The Labute approximate surface area is 128 Å². The maximum Gasteiger partial charge on any atom is 0.222 e. The van der Waals surface area contributed by atoms with Crippen molar-refractivity contribution in [1.29, 1.82) is 0 Å². The van der Waals surface area contributed by atoms with Crippen molar-refractivity contribution < 1.29 is 4.79 Å². The zero-order valence-electron chi connectivity index (χ0n) is 13.8. The highest BCUT2D eigenvalue weighted by Crippen LogP contribution is 2.26. The second-order valence-electron chi connectivity index (χ2n) is 6.36. The summed E-state index contributed by atoms with van der Waals surface area (Å²) in [5, 5.41) is 3.38. The molecule has 1 aromatic rings. The molecule has 0 aliphatic carbocycles. The van der Waals surface area contributed by atoms with E-state index in [-0.39, 0.29) is 6.04 Å². The number of likely N-dealkylation sites (N-methyl/N-ethyl adjacent to an activating group) is 1. The van der Waals surface area contributed by atoms with E-state index in [4.69, 9.17) is 0 Å². The second kappa shape index (κ2) is 7.08. The second-order valence-corrected chi connectivity index (χ2v) is 6.36. The van der Waals surface area contributed by atoms with E-state index in [1.54, 1.807) is 0 Å². The van der Waals surface area contributed by atoms with Crippen molar-refractivity contribution in [1.82, 2.24) is 10.2 Å². The summed E-state index contributed by atoms with van der Waals surface area (Å²) >= 11 is 0. The number of aryl methyl sites for hydroxylation is 2. The molecule has 0 radical (unpaired) electrons. The zero-order valence-corrected chi connectivity index (χ0v) is 13.8. The summed E-state index contributed by atoms with van der Waals surface area (Å²) in [6.07, 6.45) is 3.06. The van der Waals surface area contributed by atoms with Gasteiger partial charge in [0.2, 0.25) is 5.91 Å². The number of hydrogen-bond acceptors (Lipinski definition) is 2. The van der Waals surface area contributed by atoms with Gasteiger partial charge in [-0.3, -0.25) is 4.79 Å². The number of likely N-dealkylation sites (tertiary alicyclic amines) is 1. The first-order valence-corrected chi connectivity index (χ1v) is 8.07. The lowest BCUT2D eigenvalue weighted by atomic mass is 9.99. The first kappa shape index (κ1) is 16.0. The number of nitrogens with one attached hydrogen (secondary N) is 1. The Balaban J connectivity index is 2.07. The third-order valence-electron chi connectivity index (χ3n) is 4.54. The Morgan fingerprint density at radius 1 is 1.38 bits per heavy atom. The predicted octanol–water partition coefficient (Wildman–Crippen LogP) is 3.21. The van der Waals surface area contributed by atoms with E-state index in [9.17, 15) is 4.79 Å². The predicted molar refractivity (Wildman–Crippen MR) is 87.3 cm³/mol. The van der Waals surface area contributed by atoms with Crippen LogP contribution in [0.4, 0.5) is 0 Å². The molecule has 1 aromatic carbocycles. The Morgan fingerprint density at radius 2 is 2.14 bits per heavy atom. The van der Waals surface area contributed by atoms with E-state index in [0.717, 1.165) is 32.4 Å². The maximum atomic E-state index is 12.2. The smallest absolute Gasteiger partial charge is 0.222 e. The third-order valence-corrected chi connectivity index (χ3v) is 4.54. The molecule has 0 aromatic heterocycles. The van der Waals surface area contributed by atoms with Crippen LogP contribution in [0.3, 0.4) is 0 Å². The van der Waals surface area contributed by atoms with Crippen LogP contribution < -0.4 is 5.32 Å². The molecule has 1 amide bonds.